The fraction of sp³-hybridized carbons (Fsp3) is 0.500. The van der Waals surface area contributed by atoms with Gasteiger partial charge in [-0.2, -0.15) is 0 Å². The number of rotatable bonds is 4. The predicted molar refractivity (Wildman–Crippen MR) is 87.5 cm³/mol. The number of carbonyl (C=O) groups excluding carboxylic acids is 1. The summed E-state index contributed by atoms with van der Waals surface area (Å²) < 4.78 is 2.07. The van der Waals surface area contributed by atoms with Gasteiger partial charge in [0.1, 0.15) is 11.6 Å². The van der Waals surface area contributed by atoms with E-state index in [1.165, 1.54) is 12.3 Å². The summed E-state index contributed by atoms with van der Waals surface area (Å²) in [5, 5.41) is 24.7. The minimum Gasteiger partial charge on any atom is -0.505 e. The van der Waals surface area contributed by atoms with Crippen LogP contribution in [0, 0.1) is 5.92 Å². The van der Waals surface area contributed by atoms with Crippen LogP contribution >= 0.6 is 0 Å². The van der Waals surface area contributed by atoms with Crippen molar-refractivity contribution in [3.05, 3.63) is 35.7 Å². The number of hydrogen-bond donors (Lipinski definition) is 3. The largest absolute Gasteiger partial charge is 0.505 e. The van der Waals surface area contributed by atoms with Crippen molar-refractivity contribution in [2.45, 2.75) is 32.9 Å². The lowest BCUT2D eigenvalue weighted by Gasteiger charge is -2.22. The summed E-state index contributed by atoms with van der Waals surface area (Å²) in [5.74, 6) is 1.23. The Balaban J connectivity index is 1.87. The average Bonchev–Trinajstić information content (AvgIpc) is 2.80. The molecular weight excluding hydrogens is 308 g/mol. The van der Waals surface area contributed by atoms with Gasteiger partial charge in [-0.05, 0) is 18.1 Å². The van der Waals surface area contributed by atoms with Crippen molar-refractivity contribution in [2.24, 2.45) is 5.92 Å². The number of nitrogens with zero attached hydrogens (tertiary/aromatic N) is 4. The highest BCUT2D eigenvalue weighted by Gasteiger charge is 2.27. The first kappa shape index (κ1) is 16.4. The van der Waals surface area contributed by atoms with Crippen molar-refractivity contribution >= 4 is 5.91 Å². The van der Waals surface area contributed by atoms with Crippen LogP contribution in [0.4, 0.5) is 0 Å². The number of aromatic nitrogens is 4. The molecule has 0 saturated carbocycles. The van der Waals surface area contributed by atoms with Crippen molar-refractivity contribution in [1.82, 2.24) is 30.4 Å². The van der Waals surface area contributed by atoms with E-state index < -0.39 is 5.91 Å². The Labute approximate surface area is 140 Å². The highest BCUT2D eigenvalue weighted by atomic mass is 16.3. The van der Waals surface area contributed by atoms with Crippen molar-refractivity contribution in [2.75, 3.05) is 13.1 Å². The maximum Gasteiger partial charge on any atom is 0.274 e. The zero-order chi connectivity index (χ0) is 17.1. The Bertz CT molecular complexity index is 727. The number of hydrogen-bond acceptors (Lipinski definition) is 6. The molecule has 0 bridgehead atoms. The van der Waals surface area contributed by atoms with Crippen LogP contribution in [0.3, 0.4) is 0 Å². The number of carbonyl (C=O) groups is 1. The molecule has 0 unspecified atom stereocenters. The summed E-state index contributed by atoms with van der Waals surface area (Å²) in [6, 6.07) is 2.72. The van der Waals surface area contributed by atoms with Gasteiger partial charge in [0.25, 0.3) is 5.91 Å². The highest BCUT2D eigenvalue weighted by molar-refractivity contribution is 5.94. The number of nitrogens with one attached hydrogen (secondary N) is 2. The maximum atomic E-state index is 12.5. The van der Waals surface area contributed by atoms with Gasteiger partial charge in [0.15, 0.2) is 11.5 Å². The molecule has 1 amide bonds. The lowest BCUT2D eigenvalue weighted by molar-refractivity contribution is 0.0913. The Hall–Kier alpha value is -2.48. The van der Waals surface area contributed by atoms with Gasteiger partial charge in [-0.1, -0.05) is 13.8 Å². The first-order chi connectivity index (χ1) is 11.6. The van der Waals surface area contributed by atoms with E-state index in [0.717, 1.165) is 37.7 Å². The summed E-state index contributed by atoms with van der Waals surface area (Å²) in [4.78, 5) is 16.5. The molecule has 0 aliphatic carbocycles. The van der Waals surface area contributed by atoms with E-state index in [0.29, 0.717) is 0 Å². The van der Waals surface area contributed by atoms with Gasteiger partial charge in [-0.25, -0.2) is 4.98 Å². The third-order valence-corrected chi connectivity index (χ3v) is 4.13. The Morgan fingerprint density at radius 1 is 1.38 bits per heavy atom. The molecule has 8 nitrogen and oxygen atoms in total. The SMILES string of the molecule is CC(C)[C@@H](NC(=O)c1ncccc1O)c1nnc2n1CCNCC2. The molecule has 128 valence electrons. The number of fused-ring (bicyclic) bond motifs is 1. The first-order valence-corrected chi connectivity index (χ1v) is 8.15. The molecule has 24 heavy (non-hydrogen) atoms. The smallest absolute Gasteiger partial charge is 0.274 e. The van der Waals surface area contributed by atoms with Crippen molar-refractivity contribution in [3.8, 4) is 5.75 Å². The fourth-order valence-electron chi connectivity index (χ4n) is 2.83. The summed E-state index contributed by atoms with van der Waals surface area (Å²) in [6.45, 7) is 6.52. The van der Waals surface area contributed by atoms with E-state index in [2.05, 4.69) is 30.4 Å². The van der Waals surface area contributed by atoms with E-state index in [-0.39, 0.29) is 23.4 Å². The monoisotopic (exact) mass is 330 g/mol. The molecule has 0 radical (unpaired) electrons. The molecule has 0 aromatic carbocycles. The molecule has 1 aliphatic rings. The van der Waals surface area contributed by atoms with Gasteiger partial charge in [-0.3, -0.25) is 4.79 Å². The minimum absolute atomic E-state index is 0.0143. The first-order valence-electron chi connectivity index (χ1n) is 8.15. The fourth-order valence-corrected chi connectivity index (χ4v) is 2.83. The molecule has 3 rings (SSSR count). The van der Waals surface area contributed by atoms with Crippen LogP contribution in [0.1, 0.15) is 42.0 Å². The quantitative estimate of drug-likeness (QED) is 0.760. The van der Waals surface area contributed by atoms with E-state index in [1.54, 1.807) is 6.07 Å². The van der Waals surface area contributed by atoms with Gasteiger partial charge < -0.3 is 20.3 Å². The molecule has 1 aliphatic heterocycles. The lowest BCUT2D eigenvalue weighted by atomic mass is 10.0. The van der Waals surface area contributed by atoms with E-state index in [1.807, 2.05) is 13.8 Å². The van der Waals surface area contributed by atoms with Gasteiger partial charge in [-0.15, -0.1) is 10.2 Å². The highest BCUT2D eigenvalue weighted by Crippen LogP contribution is 2.23. The number of aromatic hydroxyl groups is 1. The zero-order valence-corrected chi connectivity index (χ0v) is 13.9. The number of amides is 1. The minimum atomic E-state index is -0.420. The molecule has 1 atom stereocenters. The zero-order valence-electron chi connectivity index (χ0n) is 13.9. The molecule has 2 aromatic rings. The van der Waals surface area contributed by atoms with Crippen LogP contribution in [0.25, 0.3) is 0 Å². The van der Waals surface area contributed by atoms with E-state index in [4.69, 9.17) is 0 Å². The average molecular weight is 330 g/mol. The summed E-state index contributed by atoms with van der Waals surface area (Å²) in [5.41, 5.74) is 0.0143. The van der Waals surface area contributed by atoms with Gasteiger partial charge >= 0.3 is 0 Å². The normalized spacial score (nSPS) is 15.6. The third-order valence-electron chi connectivity index (χ3n) is 4.13. The second-order valence-corrected chi connectivity index (χ2v) is 6.19. The van der Waals surface area contributed by atoms with Gasteiger partial charge in [0.2, 0.25) is 0 Å². The third kappa shape index (κ3) is 3.23. The summed E-state index contributed by atoms with van der Waals surface area (Å²) in [7, 11) is 0. The van der Waals surface area contributed by atoms with Gasteiger partial charge in [0.05, 0.1) is 6.04 Å². The summed E-state index contributed by atoms with van der Waals surface area (Å²) in [6.07, 6.45) is 2.29. The van der Waals surface area contributed by atoms with Crippen LogP contribution < -0.4 is 10.6 Å². The molecule has 8 heteroatoms. The Kier molecular flexibility index (Phi) is 4.75. The maximum absolute atomic E-state index is 12.5. The lowest BCUT2D eigenvalue weighted by Crippen LogP contribution is -2.34. The van der Waals surface area contributed by atoms with E-state index >= 15 is 0 Å². The van der Waals surface area contributed by atoms with Crippen LogP contribution in [0.15, 0.2) is 18.3 Å². The van der Waals surface area contributed by atoms with Crippen LogP contribution in [-0.4, -0.2) is 43.9 Å². The molecule has 0 spiro atoms. The topological polar surface area (TPSA) is 105 Å². The molecule has 3 N–H and O–H groups in total. The van der Waals surface area contributed by atoms with Crippen molar-refractivity contribution in [1.29, 1.82) is 0 Å². The molecule has 3 heterocycles. The van der Waals surface area contributed by atoms with Crippen LogP contribution in [-0.2, 0) is 13.0 Å². The number of pyridine rings is 1. The Morgan fingerprint density at radius 3 is 2.96 bits per heavy atom. The van der Waals surface area contributed by atoms with Crippen LogP contribution in [0.5, 0.6) is 5.75 Å². The van der Waals surface area contributed by atoms with Crippen LogP contribution in [0.2, 0.25) is 0 Å². The van der Waals surface area contributed by atoms with Crippen molar-refractivity contribution < 1.29 is 9.90 Å². The summed E-state index contributed by atoms with van der Waals surface area (Å²) >= 11 is 0. The van der Waals surface area contributed by atoms with Gasteiger partial charge in [0, 0.05) is 32.3 Å². The molecule has 2 aromatic heterocycles. The van der Waals surface area contributed by atoms with Crippen molar-refractivity contribution in [3.63, 3.8) is 0 Å². The standard InChI is InChI=1S/C16H22N6O2/c1-10(2)13(19-16(24)14-11(23)4-3-6-18-14)15-21-20-12-5-7-17-8-9-22(12)15/h3-4,6,10,13,17,23H,5,7-9H2,1-2H3,(H,19,24)/t13-/m1/s1. The molecule has 0 fully saturated rings. The molecular formula is C16H22N6O2. The second kappa shape index (κ2) is 6.96. The Morgan fingerprint density at radius 2 is 2.21 bits per heavy atom. The van der Waals surface area contributed by atoms with E-state index in [9.17, 15) is 9.90 Å². The predicted octanol–water partition coefficient (Wildman–Crippen LogP) is 0.651. The second-order valence-electron chi connectivity index (χ2n) is 6.19. The molecule has 0 saturated heterocycles.